The molecule has 12 fully saturated rings. The minimum absolute atomic E-state index is 0.224. The van der Waals surface area contributed by atoms with Crippen LogP contribution in [-0.4, -0.2) is 107 Å². The predicted octanol–water partition coefficient (Wildman–Crippen LogP) is 7.39. The SMILES string of the molecule is O=C1C2CCCCC2N(C2NCC(C3CC(C4CNC(N5C6CCCCC6C(=O)C6CCCCC65)NC4)CC(N4C5CCCCC5C5CCCCC54)C3)CN2)C2CCCCC12. The predicted molar refractivity (Wildman–Crippen MR) is 241 cm³/mol. The number of carbonyl (C=O) groups is 2. The zero-order valence-electron chi connectivity index (χ0n) is 38.0. The van der Waals surface area contributed by atoms with Crippen LogP contribution < -0.4 is 21.3 Å². The summed E-state index contributed by atoms with van der Waals surface area (Å²) in [5.41, 5.74) is 0. The molecule has 14 atom stereocenters. The third kappa shape index (κ3) is 7.41. The van der Waals surface area contributed by atoms with Crippen molar-refractivity contribution in [3.63, 3.8) is 0 Å². The Morgan fingerprint density at radius 1 is 0.328 bits per heavy atom. The maximum absolute atomic E-state index is 13.9. The van der Waals surface area contributed by atoms with Gasteiger partial charge in [0.1, 0.15) is 24.1 Å². The first-order valence-corrected chi connectivity index (χ1v) is 27.4. The van der Waals surface area contributed by atoms with Crippen LogP contribution in [0.15, 0.2) is 0 Å². The molecule has 14 unspecified atom stereocenters. The average Bonchev–Trinajstić information content (AvgIpc) is 3.67. The van der Waals surface area contributed by atoms with E-state index >= 15 is 0 Å². The van der Waals surface area contributed by atoms with Gasteiger partial charge in [-0.2, -0.15) is 0 Å². The van der Waals surface area contributed by atoms with Gasteiger partial charge in [-0.25, -0.2) is 0 Å². The van der Waals surface area contributed by atoms with Gasteiger partial charge < -0.3 is 0 Å². The summed E-state index contributed by atoms with van der Waals surface area (Å²) in [5.74, 6) is 7.10. The van der Waals surface area contributed by atoms with E-state index < -0.39 is 0 Å². The Balaban J connectivity index is 0.776. The lowest BCUT2D eigenvalue weighted by Gasteiger charge is -2.57. The van der Waals surface area contributed by atoms with Gasteiger partial charge in [-0.1, -0.05) is 77.0 Å². The van der Waals surface area contributed by atoms with Gasteiger partial charge in [-0.3, -0.25) is 45.6 Å². The van der Waals surface area contributed by atoms with E-state index in [-0.39, 0.29) is 36.3 Å². The maximum atomic E-state index is 13.9. The quantitative estimate of drug-likeness (QED) is 0.226. The fourth-order valence-corrected chi connectivity index (χ4v) is 18.6. The number of Topliss-reactive ketones (excluding diaryl/α,β-unsaturated/α-hetero) is 2. The van der Waals surface area contributed by atoms with Gasteiger partial charge in [-0.15, -0.1) is 0 Å². The topological polar surface area (TPSA) is 92.0 Å². The molecule has 12 rings (SSSR count). The zero-order valence-corrected chi connectivity index (χ0v) is 38.0. The monoisotopic (exact) mass is 840 g/mol. The molecule has 0 bridgehead atoms. The number of nitrogens with zero attached hydrogens (tertiary/aromatic N) is 3. The number of rotatable bonds is 5. The number of likely N-dealkylation sites (tertiary alicyclic amines) is 3. The Morgan fingerprint density at radius 2 is 0.639 bits per heavy atom. The largest absolute Gasteiger partial charge is 0.299 e. The molecular formula is C52H85N7O2. The molecule has 4 N–H and O–H groups in total. The highest BCUT2D eigenvalue weighted by Crippen LogP contribution is 2.54. The summed E-state index contributed by atoms with van der Waals surface area (Å²) in [6, 6.07) is 4.14. The third-order valence-corrected chi connectivity index (χ3v) is 21.2. The fraction of sp³-hybridized carbons (Fsp3) is 0.962. The van der Waals surface area contributed by atoms with Gasteiger partial charge in [0, 0.05) is 92.1 Å². The fourth-order valence-electron chi connectivity index (χ4n) is 18.6. The summed E-state index contributed by atoms with van der Waals surface area (Å²) in [7, 11) is 0. The second kappa shape index (κ2) is 17.7. The first-order chi connectivity index (χ1) is 30.1. The molecule has 61 heavy (non-hydrogen) atoms. The van der Waals surface area contributed by atoms with Crippen LogP contribution in [0.3, 0.4) is 0 Å². The lowest BCUT2D eigenvalue weighted by Crippen LogP contribution is -2.72. The molecule has 9 nitrogen and oxygen atoms in total. The Kier molecular flexibility index (Phi) is 12.0. The molecule has 0 radical (unpaired) electrons. The summed E-state index contributed by atoms with van der Waals surface area (Å²) >= 11 is 0. The van der Waals surface area contributed by atoms with Gasteiger partial charge in [0.2, 0.25) is 0 Å². The van der Waals surface area contributed by atoms with Crippen molar-refractivity contribution in [3.8, 4) is 0 Å². The smallest absolute Gasteiger partial charge is 0.142 e. The molecule has 12 aliphatic rings. The zero-order chi connectivity index (χ0) is 40.6. The van der Waals surface area contributed by atoms with Crippen LogP contribution in [0.1, 0.15) is 173 Å². The molecule has 5 aliphatic heterocycles. The molecule has 5 saturated heterocycles. The minimum Gasteiger partial charge on any atom is -0.299 e. The van der Waals surface area contributed by atoms with E-state index in [1.54, 1.807) is 0 Å². The second-order valence-electron chi connectivity index (χ2n) is 23.9. The highest BCUT2D eigenvalue weighted by molar-refractivity contribution is 5.86. The highest BCUT2D eigenvalue weighted by Gasteiger charge is 2.56. The van der Waals surface area contributed by atoms with E-state index in [4.69, 9.17) is 0 Å². The van der Waals surface area contributed by atoms with Crippen molar-refractivity contribution < 1.29 is 9.59 Å². The van der Waals surface area contributed by atoms with Crippen LogP contribution in [0.5, 0.6) is 0 Å². The van der Waals surface area contributed by atoms with Crippen LogP contribution in [0.4, 0.5) is 0 Å². The Bertz CT molecular complexity index is 1400. The molecule has 0 aromatic rings. The van der Waals surface area contributed by atoms with E-state index in [0.717, 1.165) is 93.7 Å². The number of carbonyl (C=O) groups excluding carboxylic acids is 2. The molecule has 340 valence electrons. The molecular weight excluding hydrogens is 755 g/mol. The highest BCUT2D eigenvalue weighted by atomic mass is 16.1. The molecule has 0 amide bonds. The summed E-state index contributed by atoms with van der Waals surface area (Å²) in [6.07, 6.45) is 35.8. The van der Waals surface area contributed by atoms with E-state index in [1.165, 1.54) is 148 Å². The van der Waals surface area contributed by atoms with Gasteiger partial charge in [0.05, 0.1) is 0 Å². The summed E-state index contributed by atoms with van der Waals surface area (Å²) in [6.45, 7) is 4.50. The van der Waals surface area contributed by atoms with Crippen molar-refractivity contribution in [2.75, 3.05) is 26.2 Å². The standard InChI is InChI=1S/C52H85N7O2/c60-49-39-15-3-9-21-45(39)58(46-22-10-4-16-40(46)49)51-53-28-34(29-54-51)32-25-33(27-36(26-32)57-43-19-7-1-13-37(43)38-14-2-8-20-44(38)57)35-30-55-52(56-31-35)59-47-23-11-5-17-41(47)50(61)42-18-6-12-24-48(42)59/h32-48,51-56H,1-31H2. The molecule has 7 aliphatic carbocycles. The summed E-state index contributed by atoms with van der Waals surface area (Å²) < 4.78 is 0. The van der Waals surface area contributed by atoms with Crippen molar-refractivity contribution in [1.29, 1.82) is 0 Å². The lowest BCUT2D eigenvalue weighted by atomic mass is 9.66. The first-order valence-electron chi connectivity index (χ1n) is 27.4. The van der Waals surface area contributed by atoms with Gasteiger partial charge in [0.15, 0.2) is 0 Å². The van der Waals surface area contributed by atoms with Gasteiger partial charge >= 0.3 is 0 Å². The normalized spacial score (nSPS) is 51.3. The summed E-state index contributed by atoms with van der Waals surface area (Å²) in [5, 5.41) is 16.9. The van der Waals surface area contributed by atoms with E-state index in [1.807, 2.05) is 0 Å². The molecule has 7 saturated carbocycles. The van der Waals surface area contributed by atoms with Crippen molar-refractivity contribution in [3.05, 3.63) is 0 Å². The number of hydrogen-bond acceptors (Lipinski definition) is 9. The van der Waals surface area contributed by atoms with E-state index in [2.05, 4.69) is 36.0 Å². The number of nitrogens with one attached hydrogen (secondary N) is 4. The van der Waals surface area contributed by atoms with Crippen molar-refractivity contribution in [1.82, 2.24) is 36.0 Å². The summed E-state index contributed by atoms with van der Waals surface area (Å²) in [4.78, 5) is 36.8. The molecule has 0 spiro atoms. The van der Waals surface area contributed by atoms with E-state index in [9.17, 15) is 9.59 Å². The molecule has 5 heterocycles. The van der Waals surface area contributed by atoms with Crippen LogP contribution >= 0.6 is 0 Å². The molecule has 0 aromatic heterocycles. The number of piperidine rings is 2. The number of fused-ring (bicyclic) bond motifs is 7. The van der Waals surface area contributed by atoms with Crippen molar-refractivity contribution in [2.45, 2.75) is 228 Å². The Morgan fingerprint density at radius 3 is 1.00 bits per heavy atom. The third-order valence-electron chi connectivity index (χ3n) is 21.2. The minimum atomic E-state index is 0.224. The van der Waals surface area contributed by atoms with Crippen molar-refractivity contribution >= 4 is 11.6 Å². The Hall–Kier alpha value is -0.940. The van der Waals surface area contributed by atoms with Crippen molar-refractivity contribution in [2.24, 2.45) is 59.2 Å². The maximum Gasteiger partial charge on any atom is 0.142 e. The van der Waals surface area contributed by atoms with Gasteiger partial charge in [0.25, 0.3) is 0 Å². The van der Waals surface area contributed by atoms with Crippen LogP contribution in [0.2, 0.25) is 0 Å². The van der Waals surface area contributed by atoms with Crippen LogP contribution in [0, 0.1) is 59.2 Å². The number of ketones is 2. The van der Waals surface area contributed by atoms with Crippen LogP contribution in [-0.2, 0) is 9.59 Å². The number of hydrogen-bond donors (Lipinski definition) is 4. The average molecular weight is 840 g/mol. The van der Waals surface area contributed by atoms with Gasteiger partial charge in [-0.05, 0) is 132 Å². The first kappa shape index (κ1) is 41.5. The van der Waals surface area contributed by atoms with Crippen LogP contribution in [0.25, 0.3) is 0 Å². The van der Waals surface area contributed by atoms with E-state index in [0.29, 0.717) is 47.6 Å². The molecule has 0 aromatic carbocycles. The Labute approximate surface area is 369 Å². The lowest BCUT2D eigenvalue weighted by molar-refractivity contribution is -0.151. The molecule has 9 heteroatoms. The second-order valence-corrected chi connectivity index (χ2v) is 23.9.